The second-order valence-corrected chi connectivity index (χ2v) is 4.14. The number of aryl methyl sites for hydroxylation is 1. The van der Waals surface area contributed by atoms with Gasteiger partial charge in [-0.25, -0.2) is 0 Å². The molecule has 2 aromatic carbocycles. The fourth-order valence-electron chi connectivity index (χ4n) is 1.96. The quantitative estimate of drug-likeness (QED) is 0.698. The fourth-order valence-corrected chi connectivity index (χ4v) is 1.96. The van der Waals surface area contributed by atoms with E-state index in [1.165, 1.54) is 16.7 Å². The molecule has 1 nitrogen and oxygen atoms in total. The maximum atomic E-state index is 5.65. The number of rotatable bonds is 5. The first-order chi connectivity index (χ1) is 8.85. The Bertz CT molecular complexity index is 514. The van der Waals surface area contributed by atoms with Gasteiger partial charge in [-0.15, -0.1) is 0 Å². The standard InChI is InChI=1S/C17H18O/c1-3-12-18-17-11-10-16(13-14(17)4-2)15-8-6-5-7-9-15/h3,5-11,13H,1,4,12H2,2H3. The first-order valence-electron chi connectivity index (χ1n) is 6.27. The smallest absolute Gasteiger partial charge is 0.122 e. The van der Waals surface area contributed by atoms with Gasteiger partial charge in [0.2, 0.25) is 0 Å². The van der Waals surface area contributed by atoms with Crippen LogP contribution in [0.15, 0.2) is 61.2 Å². The molecule has 0 saturated heterocycles. The highest BCUT2D eigenvalue weighted by atomic mass is 16.5. The largest absolute Gasteiger partial charge is 0.489 e. The van der Waals surface area contributed by atoms with Gasteiger partial charge in [0.25, 0.3) is 0 Å². The van der Waals surface area contributed by atoms with Gasteiger partial charge in [-0.05, 0) is 35.2 Å². The Labute approximate surface area is 109 Å². The number of hydrogen-bond donors (Lipinski definition) is 0. The van der Waals surface area contributed by atoms with Crippen LogP contribution in [0.2, 0.25) is 0 Å². The Balaban J connectivity index is 2.32. The van der Waals surface area contributed by atoms with E-state index < -0.39 is 0 Å². The molecule has 0 fully saturated rings. The summed E-state index contributed by atoms with van der Waals surface area (Å²) in [7, 11) is 0. The van der Waals surface area contributed by atoms with E-state index in [-0.39, 0.29) is 0 Å². The summed E-state index contributed by atoms with van der Waals surface area (Å²) in [6.45, 7) is 6.37. The fraction of sp³-hybridized carbons (Fsp3) is 0.176. The highest BCUT2D eigenvalue weighted by Gasteiger charge is 2.04. The predicted molar refractivity (Wildman–Crippen MR) is 76.9 cm³/mol. The second-order valence-electron chi connectivity index (χ2n) is 4.14. The zero-order valence-corrected chi connectivity index (χ0v) is 10.7. The SMILES string of the molecule is C=CCOc1ccc(-c2ccccc2)cc1CC. The second kappa shape index (κ2) is 6.06. The minimum atomic E-state index is 0.553. The molecule has 2 rings (SSSR count). The molecule has 18 heavy (non-hydrogen) atoms. The van der Waals surface area contributed by atoms with Crippen molar-refractivity contribution in [2.75, 3.05) is 6.61 Å². The Morgan fingerprint density at radius 2 is 1.83 bits per heavy atom. The van der Waals surface area contributed by atoms with Crippen LogP contribution in [0.5, 0.6) is 5.75 Å². The van der Waals surface area contributed by atoms with Crippen molar-refractivity contribution in [2.45, 2.75) is 13.3 Å². The van der Waals surface area contributed by atoms with Gasteiger partial charge in [-0.2, -0.15) is 0 Å². The van der Waals surface area contributed by atoms with Crippen molar-refractivity contribution in [1.82, 2.24) is 0 Å². The Morgan fingerprint density at radius 1 is 1.06 bits per heavy atom. The average molecular weight is 238 g/mol. The maximum Gasteiger partial charge on any atom is 0.122 e. The van der Waals surface area contributed by atoms with Gasteiger partial charge in [-0.1, -0.05) is 56.0 Å². The molecule has 0 heterocycles. The minimum Gasteiger partial charge on any atom is -0.489 e. The van der Waals surface area contributed by atoms with Crippen LogP contribution in [0, 0.1) is 0 Å². The van der Waals surface area contributed by atoms with Crippen molar-refractivity contribution < 1.29 is 4.74 Å². The topological polar surface area (TPSA) is 9.23 Å². The van der Waals surface area contributed by atoms with E-state index in [1.54, 1.807) is 6.08 Å². The van der Waals surface area contributed by atoms with Gasteiger partial charge in [0.05, 0.1) is 0 Å². The van der Waals surface area contributed by atoms with Crippen LogP contribution in [0.3, 0.4) is 0 Å². The summed E-state index contributed by atoms with van der Waals surface area (Å²) in [4.78, 5) is 0. The summed E-state index contributed by atoms with van der Waals surface area (Å²) in [5.41, 5.74) is 3.71. The first-order valence-corrected chi connectivity index (χ1v) is 6.27. The molecular weight excluding hydrogens is 220 g/mol. The Kier molecular flexibility index (Phi) is 4.19. The van der Waals surface area contributed by atoms with E-state index >= 15 is 0 Å². The van der Waals surface area contributed by atoms with Gasteiger partial charge in [-0.3, -0.25) is 0 Å². The molecule has 92 valence electrons. The molecule has 0 aliphatic heterocycles. The molecule has 0 aliphatic carbocycles. The number of hydrogen-bond acceptors (Lipinski definition) is 1. The van der Waals surface area contributed by atoms with Crippen LogP contribution in [0.4, 0.5) is 0 Å². The monoisotopic (exact) mass is 238 g/mol. The summed E-state index contributed by atoms with van der Waals surface area (Å²) in [5.74, 6) is 0.956. The lowest BCUT2D eigenvalue weighted by atomic mass is 10.0. The minimum absolute atomic E-state index is 0.553. The first kappa shape index (κ1) is 12.4. The van der Waals surface area contributed by atoms with Crippen LogP contribution in [-0.2, 0) is 6.42 Å². The summed E-state index contributed by atoms with van der Waals surface area (Å²) in [6.07, 6.45) is 2.73. The summed E-state index contributed by atoms with van der Waals surface area (Å²) >= 11 is 0. The van der Waals surface area contributed by atoms with Crippen LogP contribution in [0.25, 0.3) is 11.1 Å². The lowest BCUT2D eigenvalue weighted by Crippen LogP contribution is -1.97. The van der Waals surface area contributed by atoms with Gasteiger partial charge < -0.3 is 4.74 Å². The van der Waals surface area contributed by atoms with E-state index in [9.17, 15) is 0 Å². The lowest BCUT2D eigenvalue weighted by molar-refractivity contribution is 0.359. The van der Waals surface area contributed by atoms with Gasteiger partial charge in [0.15, 0.2) is 0 Å². The molecule has 0 unspecified atom stereocenters. The van der Waals surface area contributed by atoms with E-state index in [0.29, 0.717) is 6.61 Å². The van der Waals surface area contributed by atoms with Crippen molar-refractivity contribution in [1.29, 1.82) is 0 Å². The highest BCUT2D eigenvalue weighted by Crippen LogP contribution is 2.27. The summed E-state index contributed by atoms with van der Waals surface area (Å²) < 4.78 is 5.65. The summed E-state index contributed by atoms with van der Waals surface area (Å²) in [6, 6.07) is 16.8. The average Bonchev–Trinajstić information content (AvgIpc) is 2.46. The lowest BCUT2D eigenvalue weighted by Gasteiger charge is -2.11. The third kappa shape index (κ3) is 2.80. The van der Waals surface area contributed by atoms with Crippen molar-refractivity contribution >= 4 is 0 Å². The number of benzene rings is 2. The van der Waals surface area contributed by atoms with Crippen molar-refractivity contribution in [3.05, 3.63) is 66.7 Å². The maximum absolute atomic E-state index is 5.65. The molecule has 0 N–H and O–H groups in total. The molecule has 1 heteroatoms. The molecule has 2 aromatic rings. The highest BCUT2D eigenvalue weighted by molar-refractivity contribution is 5.65. The predicted octanol–water partition coefficient (Wildman–Crippen LogP) is 4.48. The van der Waals surface area contributed by atoms with Crippen molar-refractivity contribution in [3.63, 3.8) is 0 Å². The molecule has 0 saturated carbocycles. The van der Waals surface area contributed by atoms with Crippen LogP contribution < -0.4 is 4.74 Å². The van der Waals surface area contributed by atoms with Gasteiger partial charge in [0.1, 0.15) is 12.4 Å². The molecule has 0 radical (unpaired) electrons. The molecular formula is C17H18O. The Morgan fingerprint density at radius 3 is 2.50 bits per heavy atom. The zero-order valence-electron chi connectivity index (χ0n) is 10.7. The third-order valence-corrected chi connectivity index (χ3v) is 2.91. The van der Waals surface area contributed by atoms with E-state index in [1.807, 2.05) is 12.1 Å². The number of ether oxygens (including phenoxy) is 1. The zero-order chi connectivity index (χ0) is 12.8. The van der Waals surface area contributed by atoms with Crippen LogP contribution in [-0.4, -0.2) is 6.61 Å². The van der Waals surface area contributed by atoms with Crippen molar-refractivity contribution in [2.24, 2.45) is 0 Å². The molecule has 0 bridgehead atoms. The van der Waals surface area contributed by atoms with Gasteiger partial charge in [0, 0.05) is 0 Å². The van der Waals surface area contributed by atoms with Crippen molar-refractivity contribution in [3.8, 4) is 16.9 Å². The molecule has 0 aromatic heterocycles. The normalized spacial score (nSPS) is 10.1. The van der Waals surface area contributed by atoms with Crippen LogP contribution >= 0.6 is 0 Å². The third-order valence-electron chi connectivity index (χ3n) is 2.91. The Hall–Kier alpha value is -2.02. The van der Waals surface area contributed by atoms with E-state index in [0.717, 1.165) is 12.2 Å². The molecule has 0 aliphatic rings. The van der Waals surface area contributed by atoms with Crippen LogP contribution in [0.1, 0.15) is 12.5 Å². The van der Waals surface area contributed by atoms with E-state index in [4.69, 9.17) is 4.74 Å². The molecule has 0 amide bonds. The summed E-state index contributed by atoms with van der Waals surface area (Å²) in [5, 5.41) is 0. The molecule has 0 atom stereocenters. The van der Waals surface area contributed by atoms with E-state index in [2.05, 4.69) is 49.9 Å². The van der Waals surface area contributed by atoms with Gasteiger partial charge >= 0.3 is 0 Å². The molecule has 0 spiro atoms.